The van der Waals surface area contributed by atoms with Crippen LogP contribution in [0.15, 0.2) is 29.4 Å². The number of aromatic nitrogens is 4. The summed E-state index contributed by atoms with van der Waals surface area (Å²) in [7, 11) is -1.79. The molecule has 0 aromatic carbocycles. The molecular weight excluding hydrogens is 328 g/mol. The van der Waals surface area contributed by atoms with Crippen molar-refractivity contribution in [2.24, 2.45) is 13.0 Å². The van der Waals surface area contributed by atoms with Gasteiger partial charge in [0, 0.05) is 44.7 Å². The number of aryl methyl sites for hydroxylation is 1. The van der Waals surface area contributed by atoms with Crippen LogP contribution in [0.1, 0.15) is 24.5 Å². The fraction of sp³-hybridized carbons (Fsp3) is 0.533. The minimum Gasteiger partial charge on any atom is -0.354 e. The first-order chi connectivity index (χ1) is 11.5. The highest BCUT2D eigenvalue weighted by atomic mass is 32.2. The molecule has 0 spiro atoms. The van der Waals surface area contributed by atoms with E-state index in [0.29, 0.717) is 12.5 Å². The standard InChI is InChI=1S/C15H20N6O2S/c1-20-10-13(7-16-20)24(22,23)17-6-11-8-21(9-11)15-5-4-14(18-19-15)12-2-3-12/h4-5,7,10-12,17H,2-3,6,8-9H2,1H3. The average Bonchev–Trinajstić information content (AvgIpc) is 3.27. The van der Waals surface area contributed by atoms with E-state index in [1.54, 1.807) is 7.05 Å². The number of rotatable bonds is 6. The van der Waals surface area contributed by atoms with Crippen LogP contribution >= 0.6 is 0 Å². The van der Waals surface area contributed by atoms with Gasteiger partial charge in [0.2, 0.25) is 10.0 Å². The first-order valence-corrected chi connectivity index (χ1v) is 9.56. The van der Waals surface area contributed by atoms with Gasteiger partial charge in [-0.1, -0.05) is 0 Å². The minimum absolute atomic E-state index is 0.197. The lowest BCUT2D eigenvalue weighted by Crippen LogP contribution is -2.51. The van der Waals surface area contributed by atoms with E-state index in [4.69, 9.17) is 0 Å². The lowest BCUT2D eigenvalue weighted by Gasteiger charge is -2.39. The molecule has 3 heterocycles. The summed E-state index contributed by atoms with van der Waals surface area (Å²) in [5.74, 6) is 1.75. The molecule has 0 unspecified atom stereocenters. The van der Waals surface area contributed by atoms with Gasteiger partial charge in [-0.2, -0.15) is 10.2 Å². The van der Waals surface area contributed by atoms with E-state index < -0.39 is 10.0 Å². The molecule has 0 bridgehead atoms. The van der Waals surface area contributed by atoms with Crippen molar-refractivity contribution in [2.75, 3.05) is 24.5 Å². The highest BCUT2D eigenvalue weighted by Gasteiger charge is 2.30. The SMILES string of the molecule is Cn1cc(S(=O)(=O)NCC2CN(c3ccc(C4CC4)nn3)C2)cn1. The molecule has 2 aliphatic rings. The molecule has 0 amide bonds. The Morgan fingerprint density at radius 3 is 2.62 bits per heavy atom. The van der Waals surface area contributed by atoms with Crippen LogP contribution in [0.5, 0.6) is 0 Å². The van der Waals surface area contributed by atoms with Crippen molar-refractivity contribution in [3.05, 3.63) is 30.2 Å². The highest BCUT2D eigenvalue weighted by molar-refractivity contribution is 7.89. The van der Waals surface area contributed by atoms with Crippen LogP contribution in [0.25, 0.3) is 0 Å². The fourth-order valence-corrected chi connectivity index (χ4v) is 3.93. The molecule has 1 N–H and O–H groups in total. The molecule has 1 aliphatic carbocycles. The molecule has 1 saturated carbocycles. The molecule has 2 aromatic rings. The van der Waals surface area contributed by atoms with Crippen molar-refractivity contribution in [2.45, 2.75) is 23.7 Å². The van der Waals surface area contributed by atoms with Crippen LogP contribution in [-0.2, 0) is 17.1 Å². The topological polar surface area (TPSA) is 93.0 Å². The Labute approximate surface area is 140 Å². The van der Waals surface area contributed by atoms with Gasteiger partial charge in [-0.3, -0.25) is 4.68 Å². The molecule has 24 heavy (non-hydrogen) atoms. The summed E-state index contributed by atoms with van der Waals surface area (Å²) in [5, 5.41) is 12.5. The maximum Gasteiger partial charge on any atom is 0.243 e. The molecule has 9 heteroatoms. The van der Waals surface area contributed by atoms with E-state index in [0.717, 1.165) is 24.6 Å². The second-order valence-corrected chi connectivity index (χ2v) is 8.33. The first-order valence-electron chi connectivity index (χ1n) is 8.08. The molecule has 1 saturated heterocycles. The van der Waals surface area contributed by atoms with Gasteiger partial charge < -0.3 is 4.90 Å². The normalized spacial score (nSPS) is 18.6. The molecule has 4 rings (SSSR count). The largest absolute Gasteiger partial charge is 0.354 e. The number of nitrogens with one attached hydrogen (secondary N) is 1. The average molecular weight is 348 g/mol. The molecule has 1 aliphatic heterocycles. The molecule has 0 atom stereocenters. The van der Waals surface area contributed by atoms with Gasteiger partial charge in [-0.15, -0.1) is 5.10 Å². The van der Waals surface area contributed by atoms with Crippen molar-refractivity contribution >= 4 is 15.8 Å². The van der Waals surface area contributed by atoms with Crippen molar-refractivity contribution in [3.8, 4) is 0 Å². The Kier molecular flexibility index (Phi) is 3.76. The molecular formula is C15H20N6O2S. The maximum absolute atomic E-state index is 12.1. The van der Waals surface area contributed by atoms with Gasteiger partial charge in [0.1, 0.15) is 4.90 Å². The lowest BCUT2D eigenvalue weighted by atomic mass is 10.0. The smallest absolute Gasteiger partial charge is 0.243 e. The summed E-state index contributed by atoms with van der Waals surface area (Å²) in [6.07, 6.45) is 5.28. The van der Waals surface area contributed by atoms with Crippen LogP contribution in [0.3, 0.4) is 0 Å². The van der Waals surface area contributed by atoms with Gasteiger partial charge in [0.05, 0.1) is 11.9 Å². The summed E-state index contributed by atoms with van der Waals surface area (Å²) in [5.41, 5.74) is 1.08. The zero-order valence-corrected chi connectivity index (χ0v) is 14.3. The van der Waals surface area contributed by atoms with E-state index in [1.165, 1.54) is 29.9 Å². The summed E-state index contributed by atoms with van der Waals surface area (Å²) >= 11 is 0. The van der Waals surface area contributed by atoms with Crippen molar-refractivity contribution in [1.29, 1.82) is 0 Å². The first kappa shape index (κ1) is 15.5. The van der Waals surface area contributed by atoms with Crippen molar-refractivity contribution in [1.82, 2.24) is 24.7 Å². The van der Waals surface area contributed by atoms with Crippen molar-refractivity contribution in [3.63, 3.8) is 0 Å². The molecule has 128 valence electrons. The third-order valence-corrected chi connectivity index (χ3v) is 5.88. The molecule has 2 aromatic heterocycles. The third kappa shape index (κ3) is 3.13. The molecule has 0 radical (unpaired) electrons. The zero-order chi connectivity index (χ0) is 16.7. The Morgan fingerprint density at radius 1 is 1.25 bits per heavy atom. The second kappa shape index (κ2) is 5.82. The highest BCUT2D eigenvalue weighted by Crippen LogP contribution is 2.38. The van der Waals surface area contributed by atoms with Gasteiger partial charge in [-0.25, -0.2) is 13.1 Å². The maximum atomic E-state index is 12.1. The number of hydrogen-bond acceptors (Lipinski definition) is 6. The fourth-order valence-electron chi connectivity index (χ4n) is 2.84. The van der Waals surface area contributed by atoms with Gasteiger partial charge in [0.25, 0.3) is 0 Å². The van der Waals surface area contributed by atoms with E-state index in [-0.39, 0.29) is 10.8 Å². The molecule has 2 fully saturated rings. The van der Waals surface area contributed by atoms with Crippen LogP contribution in [-0.4, -0.2) is 48.0 Å². The van der Waals surface area contributed by atoms with E-state index in [9.17, 15) is 8.42 Å². The Hall–Kier alpha value is -2.00. The monoisotopic (exact) mass is 348 g/mol. The van der Waals surface area contributed by atoms with Crippen LogP contribution in [0.2, 0.25) is 0 Å². The Balaban J connectivity index is 1.28. The Morgan fingerprint density at radius 2 is 2.04 bits per heavy atom. The van der Waals surface area contributed by atoms with Gasteiger partial charge in [0.15, 0.2) is 5.82 Å². The predicted molar refractivity (Wildman–Crippen MR) is 88.1 cm³/mol. The van der Waals surface area contributed by atoms with E-state index >= 15 is 0 Å². The summed E-state index contributed by atoms with van der Waals surface area (Å²) in [6, 6.07) is 4.06. The quantitative estimate of drug-likeness (QED) is 0.817. The summed E-state index contributed by atoms with van der Waals surface area (Å²) in [4.78, 5) is 2.31. The van der Waals surface area contributed by atoms with Crippen molar-refractivity contribution < 1.29 is 8.42 Å². The number of anilines is 1. The van der Waals surface area contributed by atoms with E-state index in [2.05, 4.69) is 31.0 Å². The second-order valence-electron chi connectivity index (χ2n) is 6.56. The number of hydrogen-bond donors (Lipinski definition) is 1. The summed E-state index contributed by atoms with van der Waals surface area (Å²) < 4.78 is 28.4. The lowest BCUT2D eigenvalue weighted by molar-refractivity contribution is 0.402. The van der Waals surface area contributed by atoms with Crippen LogP contribution in [0, 0.1) is 5.92 Å². The van der Waals surface area contributed by atoms with E-state index in [1.807, 2.05) is 6.07 Å². The summed E-state index contributed by atoms with van der Waals surface area (Å²) in [6.45, 7) is 1.99. The molecule has 8 nitrogen and oxygen atoms in total. The van der Waals surface area contributed by atoms with Gasteiger partial charge in [-0.05, 0) is 25.0 Å². The third-order valence-electron chi connectivity index (χ3n) is 4.50. The number of sulfonamides is 1. The predicted octanol–water partition coefficient (Wildman–Crippen LogP) is 0.502. The van der Waals surface area contributed by atoms with Gasteiger partial charge >= 0.3 is 0 Å². The van der Waals surface area contributed by atoms with Crippen LogP contribution < -0.4 is 9.62 Å². The van der Waals surface area contributed by atoms with Crippen LogP contribution in [0.4, 0.5) is 5.82 Å². The minimum atomic E-state index is -3.48. The Bertz CT molecular complexity index is 822. The zero-order valence-electron chi connectivity index (χ0n) is 13.5. The number of nitrogens with zero attached hydrogens (tertiary/aromatic N) is 5.